The molecule has 0 bridgehead atoms. The Hall–Kier alpha value is -1.87. The Kier molecular flexibility index (Phi) is 4.09. The van der Waals surface area contributed by atoms with Crippen molar-refractivity contribution in [2.24, 2.45) is 0 Å². The summed E-state index contributed by atoms with van der Waals surface area (Å²) in [5, 5.41) is -0.529. The van der Waals surface area contributed by atoms with Crippen molar-refractivity contribution in [2.75, 3.05) is 0 Å². The molecule has 0 spiro atoms. The summed E-state index contributed by atoms with van der Waals surface area (Å²) in [7, 11) is 0. The van der Waals surface area contributed by atoms with Gasteiger partial charge in [0.2, 0.25) is 5.24 Å². The molecule has 20 heavy (non-hydrogen) atoms. The fraction of sp³-hybridized carbons (Fsp3) is 0.250. The Balaban J connectivity index is 2.64. The molecule has 0 atom stereocenters. The van der Waals surface area contributed by atoms with Crippen LogP contribution < -0.4 is 5.43 Å². The molecule has 4 heteroatoms. The predicted molar refractivity (Wildman–Crippen MR) is 80.8 cm³/mol. The van der Waals surface area contributed by atoms with Crippen molar-refractivity contribution < 1.29 is 4.79 Å². The third kappa shape index (κ3) is 2.99. The van der Waals surface area contributed by atoms with Crippen molar-refractivity contribution in [1.82, 2.24) is 4.57 Å². The van der Waals surface area contributed by atoms with Gasteiger partial charge in [0.25, 0.3) is 0 Å². The molecule has 104 valence electrons. The summed E-state index contributed by atoms with van der Waals surface area (Å²) >= 11 is 5.39. The van der Waals surface area contributed by atoms with Gasteiger partial charge in [0.15, 0.2) is 5.43 Å². The average Bonchev–Trinajstić information content (AvgIpc) is 2.35. The van der Waals surface area contributed by atoms with E-state index >= 15 is 0 Å². The van der Waals surface area contributed by atoms with Crippen LogP contribution in [0.1, 0.15) is 22.4 Å². The maximum atomic E-state index is 11.9. The minimum atomic E-state index is -0.529. The molecule has 0 amide bonds. The van der Waals surface area contributed by atoms with E-state index in [4.69, 9.17) is 11.6 Å². The summed E-state index contributed by atoms with van der Waals surface area (Å²) in [6, 6.07) is 7.67. The Morgan fingerprint density at radius 2 is 1.90 bits per heavy atom. The molecule has 2 rings (SSSR count). The molecule has 0 N–H and O–H groups in total. The zero-order valence-corrected chi connectivity index (χ0v) is 12.5. The first-order valence-corrected chi connectivity index (χ1v) is 6.74. The van der Waals surface area contributed by atoms with Crippen LogP contribution in [0, 0.1) is 20.8 Å². The zero-order valence-electron chi connectivity index (χ0n) is 11.7. The molecule has 1 aromatic carbocycles. The van der Waals surface area contributed by atoms with Crippen molar-refractivity contribution in [1.29, 1.82) is 0 Å². The highest BCUT2D eigenvalue weighted by atomic mass is 35.5. The van der Waals surface area contributed by atoms with E-state index < -0.39 is 5.24 Å². The molecule has 0 radical (unpaired) electrons. The van der Waals surface area contributed by atoms with Gasteiger partial charge in [-0.1, -0.05) is 12.1 Å². The van der Waals surface area contributed by atoms with E-state index in [-0.39, 0.29) is 11.8 Å². The number of pyridine rings is 1. The van der Waals surface area contributed by atoms with Gasteiger partial charge in [0.1, 0.15) is 0 Å². The fourth-order valence-corrected chi connectivity index (χ4v) is 2.34. The van der Waals surface area contributed by atoms with Crippen LogP contribution in [0.15, 0.2) is 35.3 Å². The smallest absolute Gasteiger partial charge is 0.226 e. The summed E-state index contributed by atoms with van der Waals surface area (Å²) in [6.07, 6.45) is 1.66. The first kappa shape index (κ1) is 14.5. The van der Waals surface area contributed by atoms with Gasteiger partial charge >= 0.3 is 0 Å². The largest absolute Gasteiger partial charge is 0.320 e. The molecule has 0 saturated heterocycles. The summed E-state index contributed by atoms with van der Waals surface area (Å²) in [4.78, 5) is 22.9. The Morgan fingerprint density at radius 1 is 1.20 bits per heavy atom. The van der Waals surface area contributed by atoms with Gasteiger partial charge in [-0.3, -0.25) is 9.59 Å². The third-order valence-corrected chi connectivity index (χ3v) is 3.41. The number of benzene rings is 1. The van der Waals surface area contributed by atoms with E-state index in [1.807, 2.05) is 37.5 Å². The molecule has 0 aliphatic carbocycles. The van der Waals surface area contributed by atoms with Gasteiger partial charge in [0.05, 0.1) is 6.42 Å². The highest BCUT2D eigenvalue weighted by molar-refractivity contribution is 6.63. The summed E-state index contributed by atoms with van der Waals surface area (Å²) in [5.41, 5.74) is 4.33. The lowest BCUT2D eigenvalue weighted by atomic mass is 10.1. The topological polar surface area (TPSA) is 39.1 Å². The second-order valence-corrected chi connectivity index (χ2v) is 5.42. The van der Waals surface area contributed by atoms with Crippen molar-refractivity contribution in [2.45, 2.75) is 27.2 Å². The Bertz CT molecular complexity index is 732. The average molecular weight is 290 g/mol. The number of carbonyl (C=O) groups is 1. The van der Waals surface area contributed by atoms with Crippen molar-refractivity contribution in [3.63, 3.8) is 0 Å². The Morgan fingerprint density at radius 3 is 2.55 bits per heavy atom. The van der Waals surface area contributed by atoms with E-state index in [0.29, 0.717) is 5.56 Å². The molecule has 1 aromatic heterocycles. The van der Waals surface area contributed by atoms with Crippen molar-refractivity contribution in [3.8, 4) is 5.69 Å². The maximum Gasteiger partial charge on any atom is 0.226 e. The van der Waals surface area contributed by atoms with Crippen LogP contribution in [-0.2, 0) is 11.2 Å². The quantitative estimate of drug-likeness (QED) is 0.815. The predicted octanol–water partition coefficient (Wildman–Crippen LogP) is 3.07. The molecule has 3 nitrogen and oxygen atoms in total. The Labute approximate surface area is 122 Å². The normalized spacial score (nSPS) is 10.6. The van der Waals surface area contributed by atoms with E-state index in [9.17, 15) is 9.59 Å². The molecule has 0 saturated carbocycles. The minimum Gasteiger partial charge on any atom is -0.320 e. The van der Waals surface area contributed by atoms with Crippen LogP contribution in [0.4, 0.5) is 0 Å². The van der Waals surface area contributed by atoms with E-state index in [1.54, 1.807) is 6.20 Å². The van der Waals surface area contributed by atoms with Gasteiger partial charge < -0.3 is 4.57 Å². The van der Waals surface area contributed by atoms with Crippen LogP contribution >= 0.6 is 11.6 Å². The SMILES string of the molecule is Cc1ccc(C)c(-n2cc(CC(=O)Cl)c(=O)cc2C)c1. The highest BCUT2D eigenvalue weighted by Gasteiger charge is 2.10. The molecule has 0 aliphatic rings. The van der Waals surface area contributed by atoms with Crippen molar-refractivity contribution >= 4 is 16.8 Å². The summed E-state index contributed by atoms with van der Waals surface area (Å²) in [5.74, 6) is 0. The fourth-order valence-electron chi connectivity index (χ4n) is 2.19. The van der Waals surface area contributed by atoms with Crippen LogP contribution in [0.5, 0.6) is 0 Å². The third-order valence-electron chi connectivity index (χ3n) is 3.28. The monoisotopic (exact) mass is 289 g/mol. The van der Waals surface area contributed by atoms with Crippen LogP contribution in [0.25, 0.3) is 5.69 Å². The molecule has 0 unspecified atom stereocenters. The molecular formula is C16H16ClNO2. The number of hydrogen-bond acceptors (Lipinski definition) is 2. The lowest BCUT2D eigenvalue weighted by molar-refractivity contribution is -0.111. The van der Waals surface area contributed by atoms with Gasteiger partial charge in [-0.25, -0.2) is 0 Å². The van der Waals surface area contributed by atoms with Crippen LogP contribution in [0.3, 0.4) is 0 Å². The summed E-state index contributed by atoms with van der Waals surface area (Å²) < 4.78 is 1.93. The number of halogens is 1. The molecule has 2 aromatic rings. The first-order chi connectivity index (χ1) is 9.38. The number of rotatable bonds is 3. The van der Waals surface area contributed by atoms with Crippen LogP contribution in [-0.4, -0.2) is 9.81 Å². The molecule has 0 aliphatic heterocycles. The van der Waals surface area contributed by atoms with Gasteiger partial charge in [-0.05, 0) is 49.6 Å². The second-order valence-electron chi connectivity index (χ2n) is 5.00. The number of aryl methyl sites for hydroxylation is 3. The number of carbonyl (C=O) groups excluding carboxylic acids is 1. The van der Waals surface area contributed by atoms with E-state index in [1.165, 1.54) is 6.07 Å². The lowest BCUT2D eigenvalue weighted by Crippen LogP contribution is -2.16. The maximum absolute atomic E-state index is 11.9. The number of nitrogens with zero attached hydrogens (tertiary/aromatic N) is 1. The minimum absolute atomic E-state index is 0.0501. The second kappa shape index (κ2) is 5.63. The highest BCUT2D eigenvalue weighted by Crippen LogP contribution is 2.18. The van der Waals surface area contributed by atoms with E-state index in [2.05, 4.69) is 6.07 Å². The van der Waals surface area contributed by atoms with Gasteiger partial charge in [-0.2, -0.15) is 0 Å². The summed E-state index contributed by atoms with van der Waals surface area (Å²) in [6.45, 7) is 5.90. The molecular weight excluding hydrogens is 274 g/mol. The van der Waals surface area contributed by atoms with Gasteiger partial charge in [-0.15, -0.1) is 0 Å². The van der Waals surface area contributed by atoms with Crippen molar-refractivity contribution in [3.05, 3.63) is 63.1 Å². The standard InChI is InChI=1S/C16H16ClNO2/c1-10-4-5-11(2)14(6-10)18-9-13(8-16(17)20)15(19)7-12(18)3/h4-7,9H,8H2,1-3H3. The number of aromatic nitrogens is 1. The van der Waals surface area contributed by atoms with E-state index in [0.717, 1.165) is 22.5 Å². The van der Waals surface area contributed by atoms with Crippen LogP contribution in [0.2, 0.25) is 0 Å². The lowest BCUT2D eigenvalue weighted by Gasteiger charge is -2.15. The number of hydrogen-bond donors (Lipinski definition) is 0. The first-order valence-electron chi connectivity index (χ1n) is 6.36. The molecule has 0 fully saturated rings. The zero-order chi connectivity index (χ0) is 14.9. The molecule has 1 heterocycles. The van der Waals surface area contributed by atoms with Gasteiger partial charge in [0, 0.05) is 29.2 Å².